The number of guanidine groups is 2. The number of aliphatic carboxylic acids is 1. The van der Waals surface area contributed by atoms with E-state index in [0.29, 0.717) is 0 Å². The van der Waals surface area contributed by atoms with Crippen molar-refractivity contribution in [2.45, 2.75) is 62.7 Å². The van der Waals surface area contributed by atoms with E-state index in [-0.39, 0.29) is 63.5 Å². The van der Waals surface area contributed by atoms with Crippen molar-refractivity contribution in [2.75, 3.05) is 19.7 Å². The fourth-order valence-electron chi connectivity index (χ4n) is 2.98. The lowest BCUT2D eigenvalue weighted by Gasteiger charge is -2.25. The fraction of sp³-hybridized carbons (Fsp3) is 0.650. The Kier molecular flexibility index (Phi) is 16.1. The van der Waals surface area contributed by atoms with Gasteiger partial charge in [-0.1, -0.05) is 0 Å². The second kappa shape index (κ2) is 18.1. The fourth-order valence-corrected chi connectivity index (χ4v) is 2.98. The van der Waals surface area contributed by atoms with E-state index in [1.165, 1.54) is 0 Å². The zero-order valence-corrected chi connectivity index (χ0v) is 21.0. The molecule has 0 spiro atoms. The number of rotatable bonds is 19. The van der Waals surface area contributed by atoms with Gasteiger partial charge in [0.2, 0.25) is 23.6 Å². The molecule has 0 aromatic carbocycles. The maximum Gasteiger partial charge on any atom is 0.328 e. The van der Waals surface area contributed by atoms with E-state index in [2.05, 4.69) is 25.9 Å². The van der Waals surface area contributed by atoms with Crippen molar-refractivity contribution in [1.82, 2.24) is 16.0 Å². The number of carbonyl (C=O) groups is 5. The summed E-state index contributed by atoms with van der Waals surface area (Å²) in [6.07, 6.45) is 0.277. The van der Waals surface area contributed by atoms with Gasteiger partial charge in [-0.25, -0.2) is 4.79 Å². The average Bonchev–Trinajstić information content (AvgIpc) is 2.83. The normalized spacial score (nSPS) is 13.6. The van der Waals surface area contributed by atoms with E-state index in [0.717, 1.165) is 0 Å². The molecule has 0 heterocycles. The lowest BCUT2D eigenvalue weighted by atomic mass is 10.1. The number of hydrogen-bond donors (Lipinski definition) is 11. The predicted octanol–water partition coefficient (Wildman–Crippen LogP) is -5.78. The third kappa shape index (κ3) is 15.0. The van der Waals surface area contributed by atoms with Gasteiger partial charge in [-0.05, 0) is 32.1 Å². The molecular formula is C20H39N11O7. The van der Waals surface area contributed by atoms with Gasteiger partial charge in [0, 0.05) is 19.5 Å². The first-order chi connectivity index (χ1) is 17.8. The minimum absolute atomic E-state index is 0.0150. The summed E-state index contributed by atoms with van der Waals surface area (Å²) in [5, 5.41) is 25.4. The minimum atomic E-state index is -1.61. The predicted molar refractivity (Wildman–Crippen MR) is 137 cm³/mol. The molecule has 38 heavy (non-hydrogen) atoms. The first kappa shape index (κ1) is 33.8. The number of hydrogen-bond acceptors (Lipinski definition) is 9. The molecule has 0 fully saturated rings. The first-order valence-corrected chi connectivity index (χ1v) is 11.7. The van der Waals surface area contributed by atoms with Crippen molar-refractivity contribution >= 4 is 41.5 Å². The van der Waals surface area contributed by atoms with Crippen LogP contribution in [0, 0.1) is 0 Å². The number of nitrogens with zero attached hydrogens (tertiary/aromatic N) is 2. The van der Waals surface area contributed by atoms with Gasteiger partial charge < -0.3 is 60.6 Å². The second-order valence-corrected chi connectivity index (χ2v) is 8.21. The van der Waals surface area contributed by atoms with E-state index in [1.54, 1.807) is 0 Å². The molecular weight excluding hydrogens is 506 g/mol. The molecule has 0 aliphatic carbocycles. The summed E-state index contributed by atoms with van der Waals surface area (Å²) in [5.74, 6) is -4.92. The third-order valence-electron chi connectivity index (χ3n) is 4.99. The maximum atomic E-state index is 13.1. The quantitative estimate of drug-likeness (QED) is 0.0410. The summed E-state index contributed by atoms with van der Waals surface area (Å²) in [7, 11) is 0. The van der Waals surface area contributed by atoms with Crippen molar-refractivity contribution in [3.8, 4) is 0 Å². The Morgan fingerprint density at radius 1 is 0.684 bits per heavy atom. The van der Waals surface area contributed by atoms with Gasteiger partial charge in [0.1, 0.15) is 18.1 Å². The van der Waals surface area contributed by atoms with E-state index >= 15 is 0 Å². The molecule has 4 atom stereocenters. The number of aliphatic hydroxyl groups is 1. The van der Waals surface area contributed by atoms with Gasteiger partial charge in [-0.3, -0.25) is 29.2 Å². The monoisotopic (exact) mass is 545 g/mol. The van der Waals surface area contributed by atoms with Crippen molar-refractivity contribution in [3.63, 3.8) is 0 Å². The second-order valence-electron chi connectivity index (χ2n) is 8.21. The highest BCUT2D eigenvalue weighted by Crippen LogP contribution is 2.05. The summed E-state index contributed by atoms with van der Waals surface area (Å²) < 4.78 is 0. The van der Waals surface area contributed by atoms with E-state index in [1.807, 2.05) is 0 Å². The highest BCUT2D eigenvalue weighted by Gasteiger charge is 2.30. The number of carboxylic acids is 1. The zero-order valence-electron chi connectivity index (χ0n) is 21.0. The minimum Gasteiger partial charge on any atom is -0.480 e. The first-order valence-electron chi connectivity index (χ1n) is 11.7. The molecule has 17 N–H and O–H groups in total. The summed E-state index contributed by atoms with van der Waals surface area (Å²) in [5.41, 5.74) is 32.0. The number of carboxylic acid groups (broad SMARTS) is 1. The van der Waals surface area contributed by atoms with Crippen LogP contribution in [0.4, 0.5) is 0 Å². The molecule has 18 heteroatoms. The average molecular weight is 546 g/mol. The van der Waals surface area contributed by atoms with E-state index in [4.69, 9.17) is 39.5 Å². The largest absolute Gasteiger partial charge is 0.480 e. The molecule has 0 bridgehead atoms. The number of aliphatic hydroxyl groups excluding tert-OH is 1. The van der Waals surface area contributed by atoms with Gasteiger partial charge in [-0.2, -0.15) is 0 Å². The third-order valence-corrected chi connectivity index (χ3v) is 4.99. The van der Waals surface area contributed by atoms with Crippen molar-refractivity contribution < 1.29 is 34.2 Å². The number of amides is 4. The topological polar surface area (TPSA) is 343 Å². The Balaban J connectivity index is 5.65. The summed E-state index contributed by atoms with van der Waals surface area (Å²) in [4.78, 5) is 68.1. The summed E-state index contributed by atoms with van der Waals surface area (Å²) in [6, 6.07) is -5.23. The van der Waals surface area contributed by atoms with Crippen molar-refractivity contribution in [2.24, 2.45) is 44.4 Å². The molecule has 4 amide bonds. The molecule has 0 aromatic rings. The van der Waals surface area contributed by atoms with Gasteiger partial charge in [-0.15, -0.1) is 0 Å². The lowest BCUT2D eigenvalue weighted by Crippen LogP contribution is -2.57. The molecule has 0 aliphatic heterocycles. The number of primary amides is 1. The van der Waals surface area contributed by atoms with Crippen LogP contribution in [0.1, 0.15) is 38.5 Å². The Labute approximate surface area is 219 Å². The lowest BCUT2D eigenvalue weighted by molar-refractivity contribution is -0.143. The van der Waals surface area contributed by atoms with Crippen LogP contribution >= 0.6 is 0 Å². The molecule has 0 saturated heterocycles. The summed E-state index contributed by atoms with van der Waals surface area (Å²) in [6.45, 7) is -0.644. The molecule has 0 saturated carbocycles. The van der Waals surface area contributed by atoms with Crippen molar-refractivity contribution in [3.05, 3.63) is 0 Å². The summed E-state index contributed by atoms with van der Waals surface area (Å²) >= 11 is 0. The standard InChI is InChI=1S/C20H39N11O7/c21-10(5-6-14(22)33)15(34)29-11(3-1-7-27-19(23)24)16(35)30-12(4-2-8-28-20(25)26)17(36)31-13(9-32)18(37)38/h10-13,32H,1-9,21H2,(H2,22,33)(H,29,34)(H,30,35)(H,31,36)(H,37,38)(H4,23,24,27)(H4,25,26,28). The van der Waals surface area contributed by atoms with Crippen LogP contribution in [-0.2, 0) is 24.0 Å². The molecule has 0 aromatic heterocycles. The number of aliphatic imine (C=N–C) groups is 2. The molecule has 0 radical (unpaired) electrons. The van der Waals surface area contributed by atoms with Crippen LogP contribution < -0.4 is 50.4 Å². The van der Waals surface area contributed by atoms with Crippen LogP contribution in [0.25, 0.3) is 0 Å². The molecule has 0 aliphatic rings. The van der Waals surface area contributed by atoms with E-state index < -0.39 is 60.4 Å². The Hall–Kier alpha value is -4.19. The Morgan fingerprint density at radius 2 is 1.11 bits per heavy atom. The smallest absolute Gasteiger partial charge is 0.328 e. The molecule has 18 nitrogen and oxygen atoms in total. The van der Waals surface area contributed by atoms with Crippen LogP contribution in [0.2, 0.25) is 0 Å². The van der Waals surface area contributed by atoms with Gasteiger partial charge in [0.25, 0.3) is 0 Å². The van der Waals surface area contributed by atoms with Crippen LogP contribution in [0.3, 0.4) is 0 Å². The zero-order chi connectivity index (χ0) is 29.3. The van der Waals surface area contributed by atoms with Gasteiger partial charge in [0.15, 0.2) is 11.9 Å². The molecule has 4 unspecified atom stereocenters. The van der Waals surface area contributed by atoms with Gasteiger partial charge in [0.05, 0.1) is 12.6 Å². The Morgan fingerprint density at radius 3 is 1.47 bits per heavy atom. The van der Waals surface area contributed by atoms with Gasteiger partial charge >= 0.3 is 5.97 Å². The van der Waals surface area contributed by atoms with E-state index in [9.17, 15) is 29.1 Å². The van der Waals surface area contributed by atoms with Crippen LogP contribution in [0.5, 0.6) is 0 Å². The number of nitrogens with two attached hydrogens (primary N) is 6. The Bertz CT molecular complexity index is 873. The molecule has 216 valence electrons. The SMILES string of the molecule is NC(=O)CCC(N)C(=O)NC(CCCN=C(N)N)C(=O)NC(CCCN=C(N)N)C(=O)NC(CO)C(=O)O. The number of carbonyl (C=O) groups excluding carboxylic acids is 4. The maximum absolute atomic E-state index is 13.1. The number of nitrogens with one attached hydrogen (secondary N) is 3. The van der Waals surface area contributed by atoms with Crippen LogP contribution in [-0.4, -0.2) is 95.6 Å². The van der Waals surface area contributed by atoms with Crippen LogP contribution in [0.15, 0.2) is 9.98 Å². The van der Waals surface area contributed by atoms with Crippen molar-refractivity contribution in [1.29, 1.82) is 0 Å². The molecule has 0 rings (SSSR count). The highest BCUT2D eigenvalue weighted by molar-refractivity contribution is 5.94. The highest BCUT2D eigenvalue weighted by atomic mass is 16.4.